The monoisotopic (exact) mass is 588 g/mol. The van der Waals surface area contributed by atoms with E-state index in [1.807, 2.05) is 0 Å². The zero-order chi connectivity index (χ0) is 30.7. The van der Waals surface area contributed by atoms with Crippen LogP contribution in [0.4, 0.5) is 0 Å². The van der Waals surface area contributed by atoms with Gasteiger partial charge in [0.2, 0.25) is 0 Å². The number of hydrogen-bond donors (Lipinski definition) is 0. The van der Waals surface area contributed by atoms with Crippen LogP contribution in [0.2, 0.25) is 0 Å². The molecule has 2 aromatic heterocycles. The van der Waals surface area contributed by atoms with Crippen molar-refractivity contribution in [3.63, 3.8) is 0 Å². The molecule has 0 aliphatic carbocycles. The second kappa shape index (κ2) is 12.3. The Kier molecular flexibility index (Phi) is 7.38. The van der Waals surface area contributed by atoms with Gasteiger partial charge in [0.1, 0.15) is 0 Å². The number of para-hydroxylation sites is 2. The number of pyridine rings is 2. The summed E-state index contributed by atoms with van der Waals surface area (Å²) in [5.74, 6) is 0. The molecule has 0 radical (unpaired) electrons. The van der Waals surface area contributed by atoms with Gasteiger partial charge in [-0.05, 0) is 70.5 Å². The minimum atomic E-state index is 0.979. The summed E-state index contributed by atoms with van der Waals surface area (Å²) in [6.07, 6.45) is 1.96. The summed E-state index contributed by atoms with van der Waals surface area (Å²) in [5, 5.41) is 2.35. The van der Waals surface area contributed by atoms with Crippen LogP contribution in [0.1, 0.15) is 11.1 Å². The summed E-state index contributed by atoms with van der Waals surface area (Å²) in [6, 6.07) is 60.2. The molecule has 0 unspecified atom stereocenters. The summed E-state index contributed by atoms with van der Waals surface area (Å²) in [6.45, 7) is 0. The summed E-state index contributed by atoms with van der Waals surface area (Å²) in [7, 11) is 0. The molecule has 2 heterocycles. The summed E-state index contributed by atoms with van der Waals surface area (Å²) in [4.78, 5) is 10.0. The van der Waals surface area contributed by atoms with Crippen LogP contribution < -0.4 is 0 Å². The van der Waals surface area contributed by atoms with E-state index in [2.05, 4.69) is 170 Å². The lowest BCUT2D eigenvalue weighted by atomic mass is 9.96. The number of aryl methyl sites for hydroxylation is 2. The van der Waals surface area contributed by atoms with Gasteiger partial charge < -0.3 is 0 Å². The molecule has 46 heavy (non-hydrogen) atoms. The molecule has 0 aliphatic heterocycles. The first-order valence-electron chi connectivity index (χ1n) is 15.9. The molecule has 0 amide bonds. The Morgan fingerprint density at radius 3 is 1.11 bits per heavy atom. The van der Waals surface area contributed by atoms with Gasteiger partial charge in [0.05, 0.1) is 22.4 Å². The number of benzene rings is 6. The number of hydrogen-bond acceptors (Lipinski definition) is 2. The molecule has 8 aromatic rings. The van der Waals surface area contributed by atoms with Gasteiger partial charge in [0.25, 0.3) is 0 Å². The summed E-state index contributed by atoms with van der Waals surface area (Å²) in [5.41, 5.74) is 13.8. The van der Waals surface area contributed by atoms with Crippen molar-refractivity contribution in [3.05, 3.63) is 181 Å². The Hall–Kier alpha value is -5.86. The maximum atomic E-state index is 5.02. The number of nitrogens with zero attached hydrogens (tertiary/aromatic N) is 2. The molecule has 2 heteroatoms. The van der Waals surface area contributed by atoms with Gasteiger partial charge in [0.15, 0.2) is 0 Å². The molecular formula is C44H32N2. The van der Waals surface area contributed by atoms with E-state index < -0.39 is 0 Å². The SMILES string of the molecule is c1ccc(-c2cc(-c3ccc(CCc4ccc(-c5cc(-c6ccccc6)c6ccccc6n5)cc4)cc3)nc3ccccc23)cc1. The van der Waals surface area contributed by atoms with Crippen LogP contribution in [-0.2, 0) is 12.8 Å². The highest BCUT2D eigenvalue weighted by Crippen LogP contribution is 2.34. The summed E-state index contributed by atoms with van der Waals surface area (Å²) >= 11 is 0. The van der Waals surface area contributed by atoms with Crippen molar-refractivity contribution in [2.75, 3.05) is 0 Å². The fourth-order valence-electron chi connectivity index (χ4n) is 6.33. The molecule has 218 valence electrons. The molecule has 0 atom stereocenters. The zero-order valence-corrected chi connectivity index (χ0v) is 25.5. The molecule has 0 fully saturated rings. The first-order valence-corrected chi connectivity index (χ1v) is 15.9. The van der Waals surface area contributed by atoms with Gasteiger partial charge >= 0.3 is 0 Å². The Morgan fingerprint density at radius 1 is 0.326 bits per heavy atom. The van der Waals surface area contributed by atoms with Crippen LogP contribution in [0.3, 0.4) is 0 Å². The average Bonchev–Trinajstić information content (AvgIpc) is 3.14. The standard InChI is InChI=1S/C44H32N2/c1-3-11-33(12-4-1)39-29-43(45-41-17-9-7-15-37(39)41)35-25-21-31(22-26-35)19-20-32-23-27-36(28-24-32)44-30-40(34-13-5-2-6-14-34)38-16-8-10-18-42(38)46-44/h1-18,21-30H,19-20H2. The lowest BCUT2D eigenvalue weighted by molar-refractivity contribution is 0.960. The Morgan fingerprint density at radius 2 is 0.696 bits per heavy atom. The molecule has 0 saturated heterocycles. The smallest absolute Gasteiger partial charge is 0.0715 e. The predicted octanol–water partition coefficient (Wildman–Crippen LogP) is 11.2. The van der Waals surface area contributed by atoms with Gasteiger partial charge in [0, 0.05) is 21.9 Å². The number of fused-ring (bicyclic) bond motifs is 2. The highest BCUT2D eigenvalue weighted by molar-refractivity contribution is 5.97. The van der Waals surface area contributed by atoms with Gasteiger partial charge in [-0.1, -0.05) is 146 Å². The van der Waals surface area contributed by atoms with E-state index in [9.17, 15) is 0 Å². The van der Waals surface area contributed by atoms with Gasteiger partial charge in [-0.15, -0.1) is 0 Å². The van der Waals surface area contributed by atoms with Gasteiger partial charge in [-0.2, -0.15) is 0 Å². The highest BCUT2D eigenvalue weighted by atomic mass is 14.7. The van der Waals surface area contributed by atoms with Crippen molar-refractivity contribution in [1.82, 2.24) is 9.97 Å². The number of aromatic nitrogens is 2. The van der Waals surface area contributed by atoms with Crippen LogP contribution in [-0.4, -0.2) is 9.97 Å². The van der Waals surface area contributed by atoms with Gasteiger partial charge in [-0.25, -0.2) is 9.97 Å². The molecule has 8 rings (SSSR count). The molecule has 0 N–H and O–H groups in total. The molecule has 0 spiro atoms. The minimum Gasteiger partial charge on any atom is -0.248 e. The molecule has 0 aliphatic rings. The third-order valence-electron chi connectivity index (χ3n) is 8.80. The maximum absolute atomic E-state index is 5.02. The largest absolute Gasteiger partial charge is 0.248 e. The average molecular weight is 589 g/mol. The molecule has 6 aromatic carbocycles. The highest BCUT2D eigenvalue weighted by Gasteiger charge is 2.11. The van der Waals surface area contributed by atoms with Crippen molar-refractivity contribution in [2.45, 2.75) is 12.8 Å². The van der Waals surface area contributed by atoms with E-state index in [4.69, 9.17) is 9.97 Å². The van der Waals surface area contributed by atoms with Crippen molar-refractivity contribution >= 4 is 21.8 Å². The van der Waals surface area contributed by atoms with Crippen molar-refractivity contribution in [3.8, 4) is 44.8 Å². The van der Waals surface area contributed by atoms with Crippen LogP contribution in [0.5, 0.6) is 0 Å². The maximum Gasteiger partial charge on any atom is 0.0715 e. The third-order valence-corrected chi connectivity index (χ3v) is 8.80. The molecule has 0 bridgehead atoms. The van der Waals surface area contributed by atoms with Crippen molar-refractivity contribution < 1.29 is 0 Å². The second-order valence-electron chi connectivity index (χ2n) is 11.8. The fourth-order valence-corrected chi connectivity index (χ4v) is 6.33. The second-order valence-corrected chi connectivity index (χ2v) is 11.8. The Labute approximate surface area is 269 Å². The van der Waals surface area contributed by atoms with Crippen LogP contribution >= 0.6 is 0 Å². The minimum absolute atomic E-state index is 0.979. The van der Waals surface area contributed by atoms with Gasteiger partial charge in [-0.3, -0.25) is 0 Å². The fraction of sp³-hybridized carbons (Fsp3) is 0.0455. The third kappa shape index (κ3) is 5.58. The van der Waals surface area contributed by atoms with E-state index in [1.165, 1.54) is 44.2 Å². The quantitative estimate of drug-likeness (QED) is 0.185. The lowest BCUT2D eigenvalue weighted by Gasteiger charge is -2.11. The van der Waals surface area contributed by atoms with E-state index in [0.29, 0.717) is 0 Å². The van der Waals surface area contributed by atoms with E-state index in [0.717, 1.165) is 46.4 Å². The van der Waals surface area contributed by atoms with Crippen molar-refractivity contribution in [1.29, 1.82) is 0 Å². The Bertz CT molecular complexity index is 2110. The van der Waals surface area contributed by atoms with E-state index >= 15 is 0 Å². The Balaban J connectivity index is 1.01. The van der Waals surface area contributed by atoms with Crippen LogP contribution in [0, 0.1) is 0 Å². The molecule has 0 saturated carbocycles. The predicted molar refractivity (Wildman–Crippen MR) is 193 cm³/mol. The topological polar surface area (TPSA) is 25.8 Å². The van der Waals surface area contributed by atoms with Crippen molar-refractivity contribution in [2.24, 2.45) is 0 Å². The molecule has 2 nitrogen and oxygen atoms in total. The first-order chi connectivity index (χ1) is 22.8. The normalized spacial score (nSPS) is 11.2. The van der Waals surface area contributed by atoms with E-state index in [1.54, 1.807) is 0 Å². The first kappa shape index (κ1) is 27.7. The molecular weight excluding hydrogens is 556 g/mol. The lowest BCUT2D eigenvalue weighted by Crippen LogP contribution is -1.94. The summed E-state index contributed by atoms with van der Waals surface area (Å²) < 4.78 is 0. The number of rotatable bonds is 7. The zero-order valence-electron chi connectivity index (χ0n) is 25.5. The van der Waals surface area contributed by atoms with Crippen LogP contribution in [0.15, 0.2) is 170 Å². The van der Waals surface area contributed by atoms with E-state index in [-0.39, 0.29) is 0 Å². The van der Waals surface area contributed by atoms with Crippen LogP contribution in [0.25, 0.3) is 66.6 Å².